The molecule has 1 aromatic heterocycles. The molecule has 1 fully saturated rings. The fourth-order valence-corrected chi connectivity index (χ4v) is 5.15. The third kappa shape index (κ3) is 3.52. The highest BCUT2D eigenvalue weighted by atomic mass is 35.5. The standard InChI is InChI=1S/C20H20ClN3O2S/c1-15-13-20(22-19-8-3-2-7-18(15)19)23-9-11-24(12-10-23)27(25,26)17-6-4-5-16(21)14-17/h2-8,13-14H,9-12H2,1H3. The van der Waals surface area contributed by atoms with Gasteiger partial charge in [0.25, 0.3) is 0 Å². The number of piperazine rings is 1. The Morgan fingerprint density at radius 1 is 0.963 bits per heavy atom. The van der Waals surface area contributed by atoms with Gasteiger partial charge in [0.2, 0.25) is 10.0 Å². The molecule has 0 N–H and O–H groups in total. The van der Waals surface area contributed by atoms with Crippen LogP contribution in [0.2, 0.25) is 5.02 Å². The summed E-state index contributed by atoms with van der Waals surface area (Å²) < 4.78 is 27.2. The van der Waals surface area contributed by atoms with Gasteiger partial charge in [0.15, 0.2) is 0 Å². The molecule has 0 bridgehead atoms. The lowest BCUT2D eigenvalue weighted by Gasteiger charge is -2.35. The Labute approximate surface area is 164 Å². The van der Waals surface area contributed by atoms with E-state index in [4.69, 9.17) is 16.6 Å². The Balaban J connectivity index is 1.54. The molecule has 0 radical (unpaired) electrons. The topological polar surface area (TPSA) is 53.5 Å². The van der Waals surface area contributed by atoms with Gasteiger partial charge >= 0.3 is 0 Å². The molecular weight excluding hydrogens is 382 g/mol. The third-order valence-electron chi connectivity index (χ3n) is 4.91. The van der Waals surface area contributed by atoms with E-state index in [1.165, 1.54) is 15.9 Å². The van der Waals surface area contributed by atoms with Crippen LogP contribution in [0, 0.1) is 6.92 Å². The smallest absolute Gasteiger partial charge is 0.243 e. The van der Waals surface area contributed by atoms with Crippen LogP contribution in [0.5, 0.6) is 0 Å². The van der Waals surface area contributed by atoms with Crippen molar-refractivity contribution in [2.45, 2.75) is 11.8 Å². The minimum Gasteiger partial charge on any atom is -0.354 e. The molecule has 7 heteroatoms. The van der Waals surface area contributed by atoms with E-state index in [2.05, 4.69) is 24.0 Å². The molecule has 1 aliphatic rings. The minimum absolute atomic E-state index is 0.239. The van der Waals surface area contributed by atoms with Gasteiger partial charge in [0, 0.05) is 36.6 Å². The average molecular weight is 402 g/mol. The summed E-state index contributed by atoms with van der Waals surface area (Å²) in [5.41, 5.74) is 2.13. The van der Waals surface area contributed by atoms with Gasteiger partial charge in [-0.05, 0) is 42.8 Å². The van der Waals surface area contributed by atoms with Crippen molar-refractivity contribution in [3.05, 3.63) is 65.2 Å². The lowest BCUT2D eigenvalue weighted by Crippen LogP contribution is -2.48. The fourth-order valence-electron chi connectivity index (χ4n) is 3.43. The zero-order chi connectivity index (χ0) is 19.0. The van der Waals surface area contributed by atoms with Gasteiger partial charge in [-0.1, -0.05) is 35.9 Å². The van der Waals surface area contributed by atoms with Crippen molar-refractivity contribution in [3.63, 3.8) is 0 Å². The van der Waals surface area contributed by atoms with Gasteiger partial charge < -0.3 is 4.90 Å². The van der Waals surface area contributed by atoms with Gasteiger partial charge in [-0.15, -0.1) is 0 Å². The zero-order valence-electron chi connectivity index (χ0n) is 15.0. The predicted octanol–water partition coefficient (Wildman–Crippen LogP) is 3.71. The second-order valence-electron chi connectivity index (χ2n) is 6.66. The van der Waals surface area contributed by atoms with Crippen molar-refractivity contribution in [1.29, 1.82) is 0 Å². The van der Waals surface area contributed by atoms with E-state index in [0.717, 1.165) is 16.7 Å². The molecule has 3 aromatic rings. The van der Waals surface area contributed by atoms with E-state index in [-0.39, 0.29) is 4.90 Å². The maximum absolute atomic E-state index is 12.8. The van der Waals surface area contributed by atoms with E-state index >= 15 is 0 Å². The first-order chi connectivity index (χ1) is 12.9. The molecule has 5 nitrogen and oxygen atoms in total. The van der Waals surface area contributed by atoms with Crippen LogP contribution in [-0.2, 0) is 10.0 Å². The highest BCUT2D eigenvalue weighted by molar-refractivity contribution is 7.89. The number of anilines is 1. The van der Waals surface area contributed by atoms with E-state index < -0.39 is 10.0 Å². The van der Waals surface area contributed by atoms with E-state index in [1.807, 2.05) is 18.2 Å². The molecule has 1 saturated heterocycles. The number of sulfonamides is 1. The molecule has 0 spiro atoms. The van der Waals surface area contributed by atoms with Crippen molar-refractivity contribution in [2.75, 3.05) is 31.1 Å². The Morgan fingerprint density at radius 3 is 2.44 bits per heavy atom. The molecule has 0 amide bonds. The molecule has 0 saturated carbocycles. The number of hydrogen-bond acceptors (Lipinski definition) is 4. The van der Waals surface area contributed by atoms with Crippen LogP contribution in [0.3, 0.4) is 0 Å². The van der Waals surface area contributed by atoms with Crippen molar-refractivity contribution in [3.8, 4) is 0 Å². The molecule has 2 aromatic carbocycles. The van der Waals surface area contributed by atoms with Crippen molar-refractivity contribution in [2.24, 2.45) is 0 Å². The number of aryl methyl sites for hydroxylation is 1. The first-order valence-electron chi connectivity index (χ1n) is 8.82. The lowest BCUT2D eigenvalue weighted by molar-refractivity contribution is 0.384. The molecule has 0 unspecified atom stereocenters. The van der Waals surface area contributed by atoms with E-state index in [9.17, 15) is 8.42 Å². The monoisotopic (exact) mass is 401 g/mol. The maximum atomic E-state index is 12.8. The van der Waals surface area contributed by atoms with Crippen molar-refractivity contribution < 1.29 is 8.42 Å². The Morgan fingerprint density at radius 2 is 1.70 bits per heavy atom. The largest absolute Gasteiger partial charge is 0.354 e. The first kappa shape index (κ1) is 18.2. The summed E-state index contributed by atoms with van der Waals surface area (Å²) in [6.07, 6.45) is 0. The third-order valence-corrected chi connectivity index (χ3v) is 7.04. The van der Waals surface area contributed by atoms with Gasteiger partial charge in [0.1, 0.15) is 5.82 Å². The van der Waals surface area contributed by atoms with E-state index in [0.29, 0.717) is 31.2 Å². The highest BCUT2D eigenvalue weighted by Gasteiger charge is 2.29. The van der Waals surface area contributed by atoms with Crippen LogP contribution < -0.4 is 4.90 Å². The lowest BCUT2D eigenvalue weighted by atomic mass is 10.1. The van der Waals surface area contributed by atoms with Gasteiger partial charge in [0.05, 0.1) is 10.4 Å². The summed E-state index contributed by atoms with van der Waals surface area (Å²) in [4.78, 5) is 7.14. The molecule has 0 atom stereocenters. The van der Waals surface area contributed by atoms with Crippen LogP contribution in [0.25, 0.3) is 10.9 Å². The number of pyridine rings is 1. The molecule has 0 aliphatic carbocycles. The molecule has 27 heavy (non-hydrogen) atoms. The molecule has 2 heterocycles. The maximum Gasteiger partial charge on any atom is 0.243 e. The van der Waals surface area contributed by atoms with Gasteiger partial charge in [-0.25, -0.2) is 13.4 Å². The zero-order valence-corrected chi connectivity index (χ0v) is 16.5. The fraction of sp³-hybridized carbons (Fsp3) is 0.250. The second-order valence-corrected chi connectivity index (χ2v) is 9.04. The summed E-state index contributed by atoms with van der Waals surface area (Å²) in [5, 5.41) is 1.56. The first-order valence-corrected chi connectivity index (χ1v) is 10.6. The summed E-state index contributed by atoms with van der Waals surface area (Å²) in [5.74, 6) is 0.894. The predicted molar refractivity (Wildman–Crippen MR) is 109 cm³/mol. The number of halogens is 1. The number of aromatic nitrogens is 1. The SMILES string of the molecule is Cc1cc(N2CCN(S(=O)(=O)c3cccc(Cl)c3)CC2)nc2ccccc12. The molecule has 140 valence electrons. The van der Waals surface area contributed by atoms with Crippen LogP contribution in [0.4, 0.5) is 5.82 Å². The van der Waals surface area contributed by atoms with Crippen LogP contribution in [0.1, 0.15) is 5.56 Å². The summed E-state index contributed by atoms with van der Waals surface area (Å²) in [6.45, 7) is 4.12. The summed E-state index contributed by atoms with van der Waals surface area (Å²) in [6, 6.07) is 16.6. The summed E-state index contributed by atoms with van der Waals surface area (Å²) in [7, 11) is -3.53. The number of hydrogen-bond donors (Lipinski definition) is 0. The van der Waals surface area contributed by atoms with Crippen LogP contribution in [-0.4, -0.2) is 43.9 Å². The van der Waals surface area contributed by atoms with Crippen molar-refractivity contribution in [1.82, 2.24) is 9.29 Å². The van der Waals surface area contributed by atoms with Gasteiger partial charge in [-0.2, -0.15) is 4.31 Å². The number of rotatable bonds is 3. The second kappa shape index (κ2) is 7.11. The van der Waals surface area contributed by atoms with Crippen molar-refractivity contribution >= 4 is 38.3 Å². The number of benzene rings is 2. The highest BCUT2D eigenvalue weighted by Crippen LogP contribution is 2.25. The van der Waals surface area contributed by atoms with Crippen LogP contribution >= 0.6 is 11.6 Å². The van der Waals surface area contributed by atoms with Crippen LogP contribution in [0.15, 0.2) is 59.5 Å². The average Bonchev–Trinajstić information content (AvgIpc) is 2.68. The number of nitrogens with zero attached hydrogens (tertiary/aromatic N) is 3. The Kier molecular flexibility index (Phi) is 4.80. The molecule has 1 aliphatic heterocycles. The number of fused-ring (bicyclic) bond motifs is 1. The minimum atomic E-state index is -3.53. The quantitative estimate of drug-likeness (QED) is 0.671. The normalized spacial score (nSPS) is 16.0. The van der Waals surface area contributed by atoms with E-state index in [1.54, 1.807) is 18.2 Å². The summed E-state index contributed by atoms with van der Waals surface area (Å²) >= 11 is 5.96. The Bertz CT molecular complexity index is 1090. The molecular formula is C20H20ClN3O2S. The molecule has 4 rings (SSSR count). The Hall–Kier alpha value is -2.15. The number of para-hydroxylation sites is 1. The van der Waals surface area contributed by atoms with Gasteiger partial charge in [-0.3, -0.25) is 0 Å².